The van der Waals surface area contributed by atoms with Gasteiger partial charge in [0.15, 0.2) is 6.10 Å². The average molecular weight is 369 g/mol. The molecule has 0 fully saturated rings. The normalized spacial score (nSPS) is 12.3. The van der Waals surface area contributed by atoms with Crippen LogP contribution in [0.4, 0.5) is 5.69 Å². The molecule has 2 N–H and O–H groups in total. The molecule has 0 aromatic heterocycles. The van der Waals surface area contributed by atoms with Crippen molar-refractivity contribution in [2.75, 3.05) is 11.8 Å². The minimum absolute atomic E-state index is 0.0577. The van der Waals surface area contributed by atoms with Crippen molar-refractivity contribution >= 4 is 33.2 Å². The number of rotatable bonds is 6. The fourth-order valence-electron chi connectivity index (χ4n) is 1.91. The van der Waals surface area contributed by atoms with Gasteiger partial charge in [0.2, 0.25) is 0 Å². The molecule has 2 aromatic rings. The summed E-state index contributed by atoms with van der Waals surface area (Å²) < 4.78 is 32.6. The van der Waals surface area contributed by atoms with E-state index in [1.165, 1.54) is 31.3 Å². The maximum absolute atomic E-state index is 12.4. The summed E-state index contributed by atoms with van der Waals surface area (Å²) in [6.45, 7) is 1.60. The number of anilines is 1. The van der Waals surface area contributed by atoms with Gasteiger partial charge in [-0.3, -0.25) is 9.52 Å². The number of benzene rings is 2. The van der Waals surface area contributed by atoms with Gasteiger partial charge in [0.1, 0.15) is 5.75 Å². The Kier molecular flexibility index (Phi) is 5.69. The molecule has 1 atom stereocenters. The molecule has 0 saturated carbocycles. The summed E-state index contributed by atoms with van der Waals surface area (Å²) in [5, 5.41) is 2.78. The Morgan fingerprint density at radius 2 is 1.75 bits per heavy atom. The van der Waals surface area contributed by atoms with Gasteiger partial charge in [-0.25, -0.2) is 8.42 Å². The highest BCUT2D eigenvalue weighted by Crippen LogP contribution is 2.25. The van der Waals surface area contributed by atoms with Crippen molar-refractivity contribution in [3.63, 3.8) is 0 Å². The van der Waals surface area contributed by atoms with Gasteiger partial charge >= 0.3 is 0 Å². The molecule has 0 radical (unpaired) electrons. The second-order valence-corrected chi connectivity index (χ2v) is 7.02. The molecule has 128 valence electrons. The molecule has 2 aromatic carbocycles. The van der Waals surface area contributed by atoms with Crippen LogP contribution in [-0.4, -0.2) is 27.5 Å². The number of sulfonamides is 1. The lowest BCUT2D eigenvalue weighted by atomic mass is 10.3. The summed E-state index contributed by atoms with van der Waals surface area (Å²) in [4.78, 5) is 11.5. The highest BCUT2D eigenvalue weighted by molar-refractivity contribution is 7.92. The summed E-state index contributed by atoms with van der Waals surface area (Å²) in [6.07, 6.45) is -0.682. The largest absolute Gasteiger partial charge is 0.481 e. The van der Waals surface area contributed by atoms with Crippen molar-refractivity contribution in [2.24, 2.45) is 0 Å². The molecule has 6 nitrogen and oxygen atoms in total. The van der Waals surface area contributed by atoms with Gasteiger partial charge in [-0.1, -0.05) is 23.7 Å². The highest BCUT2D eigenvalue weighted by Gasteiger charge is 2.17. The van der Waals surface area contributed by atoms with Gasteiger partial charge in [-0.15, -0.1) is 0 Å². The number of carbonyl (C=O) groups is 1. The molecule has 0 aliphatic carbocycles. The topological polar surface area (TPSA) is 84.5 Å². The minimum atomic E-state index is -3.77. The van der Waals surface area contributed by atoms with E-state index >= 15 is 0 Å². The van der Waals surface area contributed by atoms with Crippen LogP contribution >= 0.6 is 11.6 Å². The molecule has 0 bridgehead atoms. The zero-order valence-corrected chi connectivity index (χ0v) is 14.7. The van der Waals surface area contributed by atoms with Crippen LogP contribution in [0.1, 0.15) is 6.92 Å². The van der Waals surface area contributed by atoms with Gasteiger partial charge in [-0.05, 0) is 43.3 Å². The van der Waals surface area contributed by atoms with Crippen molar-refractivity contribution in [1.29, 1.82) is 0 Å². The monoisotopic (exact) mass is 368 g/mol. The third-order valence-corrected chi connectivity index (χ3v) is 4.89. The van der Waals surface area contributed by atoms with Crippen LogP contribution < -0.4 is 14.8 Å². The smallest absolute Gasteiger partial charge is 0.261 e. The van der Waals surface area contributed by atoms with Crippen LogP contribution in [0, 0.1) is 0 Å². The van der Waals surface area contributed by atoms with Crippen LogP contribution in [0.15, 0.2) is 53.4 Å². The minimum Gasteiger partial charge on any atom is -0.481 e. The van der Waals surface area contributed by atoms with Crippen molar-refractivity contribution in [3.8, 4) is 5.75 Å². The molecule has 0 aliphatic rings. The first-order chi connectivity index (χ1) is 11.3. The van der Waals surface area contributed by atoms with E-state index in [9.17, 15) is 13.2 Å². The standard InChI is InChI=1S/C16H17ClN2O4S/c1-11(16(20)18-2)23-12-7-9-13(10-8-12)24(21,22)19-15-6-4-3-5-14(15)17/h3-11,19H,1-2H3,(H,18,20)/t11-/m1/s1. The first-order valence-corrected chi connectivity index (χ1v) is 8.95. The molecule has 2 rings (SSSR count). The Labute approximate surface area is 145 Å². The average Bonchev–Trinajstić information content (AvgIpc) is 2.56. The van der Waals surface area contributed by atoms with Crippen LogP contribution in [0.5, 0.6) is 5.75 Å². The van der Waals surface area contributed by atoms with E-state index in [0.29, 0.717) is 16.5 Å². The van der Waals surface area contributed by atoms with Crippen LogP contribution in [0.3, 0.4) is 0 Å². The molecular formula is C16H17ClN2O4S. The first-order valence-electron chi connectivity index (χ1n) is 7.09. The summed E-state index contributed by atoms with van der Waals surface area (Å²) in [6, 6.07) is 12.3. The van der Waals surface area contributed by atoms with E-state index in [1.807, 2.05) is 0 Å². The van der Waals surface area contributed by atoms with Crippen molar-refractivity contribution < 1.29 is 17.9 Å². The number of hydrogen-bond acceptors (Lipinski definition) is 4. The zero-order valence-electron chi connectivity index (χ0n) is 13.1. The van der Waals surface area contributed by atoms with E-state index in [0.717, 1.165) is 0 Å². The quantitative estimate of drug-likeness (QED) is 0.820. The predicted octanol–water partition coefficient (Wildman–Crippen LogP) is 2.65. The molecule has 0 aliphatic heterocycles. The second kappa shape index (κ2) is 7.55. The Hall–Kier alpha value is -2.25. The van der Waals surface area contributed by atoms with Gasteiger partial charge in [0.25, 0.3) is 15.9 Å². The van der Waals surface area contributed by atoms with Crippen LogP contribution in [0.2, 0.25) is 5.02 Å². The third-order valence-electron chi connectivity index (χ3n) is 3.18. The van der Waals surface area contributed by atoms with Gasteiger partial charge in [0, 0.05) is 7.05 Å². The lowest BCUT2D eigenvalue weighted by molar-refractivity contribution is -0.126. The fourth-order valence-corrected chi connectivity index (χ4v) is 3.22. The Morgan fingerprint density at radius 3 is 2.33 bits per heavy atom. The van der Waals surface area contributed by atoms with Crippen LogP contribution in [-0.2, 0) is 14.8 Å². The van der Waals surface area contributed by atoms with Gasteiger partial charge in [0.05, 0.1) is 15.6 Å². The molecular weight excluding hydrogens is 352 g/mol. The number of carbonyl (C=O) groups excluding carboxylic acids is 1. The van der Waals surface area contributed by atoms with Crippen molar-refractivity contribution in [3.05, 3.63) is 53.6 Å². The molecule has 8 heteroatoms. The molecule has 0 spiro atoms. The molecule has 1 amide bonds. The van der Waals surface area contributed by atoms with Gasteiger partial charge in [-0.2, -0.15) is 0 Å². The predicted molar refractivity (Wildman–Crippen MR) is 92.9 cm³/mol. The van der Waals surface area contributed by atoms with Gasteiger partial charge < -0.3 is 10.1 Å². The lowest BCUT2D eigenvalue weighted by Crippen LogP contribution is -2.33. The summed E-state index contributed by atoms with van der Waals surface area (Å²) in [7, 11) is -2.26. The summed E-state index contributed by atoms with van der Waals surface area (Å²) in [5.41, 5.74) is 0.299. The number of likely N-dealkylation sites (N-methyl/N-ethyl adjacent to an activating group) is 1. The number of hydrogen-bond donors (Lipinski definition) is 2. The molecule has 24 heavy (non-hydrogen) atoms. The van der Waals surface area contributed by atoms with Crippen molar-refractivity contribution in [1.82, 2.24) is 5.32 Å². The molecule has 0 saturated heterocycles. The fraction of sp³-hybridized carbons (Fsp3) is 0.188. The number of halogens is 1. The molecule has 0 heterocycles. The number of amides is 1. The third kappa shape index (κ3) is 4.39. The number of para-hydroxylation sites is 1. The lowest BCUT2D eigenvalue weighted by Gasteiger charge is -2.14. The Morgan fingerprint density at radius 1 is 1.12 bits per heavy atom. The van der Waals surface area contributed by atoms with E-state index in [2.05, 4.69) is 10.0 Å². The van der Waals surface area contributed by atoms with Crippen LogP contribution in [0.25, 0.3) is 0 Å². The maximum Gasteiger partial charge on any atom is 0.261 e. The Bertz CT molecular complexity index is 822. The van der Waals surface area contributed by atoms with E-state index in [-0.39, 0.29) is 10.8 Å². The Balaban J connectivity index is 2.14. The SMILES string of the molecule is CNC(=O)[C@@H](C)Oc1ccc(S(=O)(=O)Nc2ccccc2Cl)cc1. The van der Waals surface area contributed by atoms with E-state index in [4.69, 9.17) is 16.3 Å². The van der Waals surface area contributed by atoms with E-state index in [1.54, 1.807) is 31.2 Å². The number of nitrogens with one attached hydrogen (secondary N) is 2. The van der Waals surface area contributed by atoms with Crippen molar-refractivity contribution in [2.45, 2.75) is 17.9 Å². The summed E-state index contributed by atoms with van der Waals surface area (Å²) >= 11 is 5.96. The first kappa shape index (κ1) is 18.1. The zero-order chi connectivity index (χ0) is 17.7. The number of ether oxygens (including phenoxy) is 1. The second-order valence-electron chi connectivity index (χ2n) is 4.93. The highest BCUT2D eigenvalue weighted by atomic mass is 35.5. The summed E-state index contributed by atoms with van der Waals surface area (Å²) in [5.74, 6) is 0.120. The molecule has 0 unspecified atom stereocenters. The maximum atomic E-state index is 12.4. The van der Waals surface area contributed by atoms with E-state index < -0.39 is 16.1 Å².